The molecule has 11 heteroatoms. The molecule has 32 heavy (non-hydrogen) atoms. The Morgan fingerprint density at radius 1 is 1.09 bits per heavy atom. The molecule has 0 spiro atoms. The maximum absolute atomic E-state index is 12.9. The topological polar surface area (TPSA) is 84.9 Å². The highest BCUT2D eigenvalue weighted by Gasteiger charge is 2.33. The normalized spacial score (nSPS) is 18.6. The lowest BCUT2D eigenvalue weighted by molar-refractivity contribution is -0.137. The quantitative estimate of drug-likeness (QED) is 0.726. The zero-order chi connectivity index (χ0) is 22.9. The Morgan fingerprint density at radius 3 is 2.59 bits per heavy atom. The minimum Gasteiger partial charge on any atom is -0.486 e. The lowest BCUT2D eigenvalue weighted by Crippen LogP contribution is -2.39. The van der Waals surface area contributed by atoms with E-state index in [0.29, 0.717) is 43.7 Å². The second kappa shape index (κ2) is 8.62. The number of hydrogen-bond donors (Lipinski definition) is 1. The van der Waals surface area contributed by atoms with E-state index in [-0.39, 0.29) is 6.04 Å². The highest BCUT2D eigenvalue weighted by molar-refractivity contribution is 7.89. The SMILES string of the molecule is O=C(CNS(=O)(=O)c1cccc(C(F)(F)F)c1)N1CCCC1c1ccc2c(c1)OCCO2. The number of nitrogens with one attached hydrogen (secondary N) is 1. The van der Waals surface area contributed by atoms with Gasteiger partial charge in [0.15, 0.2) is 11.5 Å². The molecule has 7 nitrogen and oxygen atoms in total. The zero-order valence-electron chi connectivity index (χ0n) is 16.9. The fourth-order valence-electron chi connectivity index (χ4n) is 3.86. The van der Waals surface area contributed by atoms with Crippen LogP contribution >= 0.6 is 0 Å². The predicted octanol–water partition coefficient (Wildman–Crippen LogP) is 3.12. The van der Waals surface area contributed by atoms with Gasteiger partial charge in [0.2, 0.25) is 15.9 Å². The molecule has 1 saturated heterocycles. The number of sulfonamides is 1. The van der Waals surface area contributed by atoms with Gasteiger partial charge in [0.05, 0.1) is 23.0 Å². The van der Waals surface area contributed by atoms with Crippen LogP contribution in [0.4, 0.5) is 13.2 Å². The van der Waals surface area contributed by atoms with Crippen molar-refractivity contribution in [2.45, 2.75) is 30.0 Å². The maximum Gasteiger partial charge on any atom is 0.416 e. The molecule has 4 rings (SSSR count). The van der Waals surface area contributed by atoms with Crippen LogP contribution in [0.2, 0.25) is 0 Å². The molecular weight excluding hydrogens is 449 g/mol. The van der Waals surface area contributed by atoms with Crippen molar-refractivity contribution in [3.63, 3.8) is 0 Å². The van der Waals surface area contributed by atoms with Crippen molar-refractivity contribution in [3.8, 4) is 11.5 Å². The Morgan fingerprint density at radius 2 is 1.84 bits per heavy atom. The van der Waals surface area contributed by atoms with E-state index < -0.39 is 39.1 Å². The summed E-state index contributed by atoms with van der Waals surface area (Å²) in [5.41, 5.74) is -0.231. The van der Waals surface area contributed by atoms with E-state index >= 15 is 0 Å². The van der Waals surface area contributed by atoms with Crippen LogP contribution in [0.5, 0.6) is 11.5 Å². The second-order valence-electron chi connectivity index (χ2n) is 7.50. The number of amides is 1. The van der Waals surface area contributed by atoms with E-state index in [2.05, 4.69) is 4.72 Å². The van der Waals surface area contributed by atoms with E-state index in [4.69, 9.17) is 9.47 Å². The van der Waals surface area contributed by atoms with Crippen LogP contribution < -0.4 is 14.2 Å². The first-order chi connectivity index (χ1) is 15.1. The predicted molar refractivity (Wildman–Crippen MR) is 108 cm³/mol. The first-order valence-corrected chi connectivity index (χ1v) is 11.5. The first kappa shape index (κ1) is 22.4. The monoisotopic (exact) mass is 470 g/mol. The van der Waals surface area contributed by atoms with Crippen LogP contribution in [-0.4, -0.2) is 45.5 Å². The number of likely N-dealkylation sites (tertiary alicyclic amines) is 1. The molecule has 2 heterocycles. The van der Waals surface area contributed by atoms with Crippen LogP contribution in [0.1, 0.15) is 30.0 Å². The van der Waals surface area contributed by atoms with Crippen molar-refractivity contribution in [2.75, 3.05) is 26.3 Å². The minimum absolute atomic E-state index is 0.253. The average molecular weight is 470 g/mol. The number of rotatable bonds is 5. The van der Waals surface area contributed by atoms with Crippen LogP contribution in [0.25, 0.3) is 0 Å². The summed E-state index contributed by atoms with van der Waals surface area (Å²) in [6.45, 7) is 0.788. The summed E-state index contributed by atoms with van der Waals surface area (Å²) in [4.78, 5) is 13.8. The number of alkyl halides is 3. The molecular formula is C21H21F3N2O5S. The number of nitrogens with zero attached hydrogens (tertiary/aromatic N) is 1. The number of benzene rings is 2. The minimum atomic E-state index is -4.67. The molecule has 0 saturated carbocycles. The van der Waals surface area contributed by atoms with E-state index in [1.54, 1.807) is 11.0 Å². The van der Waals surface area contributed by atoms with Crippen molar-refractivity contribution in [1.29, 1.82) is 0 Å². The molecule has 1 atom stereocenters. The largest absolute Gasteiger partial charge is 0.486 e. The van der Waals surface area contributed by atoms with Gasteiger partial charge in [0, 0.05) is 6.54 Å². The standard InChI is InChI=1S/C21H21F3N2O5S/c22-21(23,24)15-3-1-4-16(12-15)32(28,29)25-13-20(27)26-8-2-5-17(26)14-6-7-18-19(11-14)31-10-9-30-18/h1,3-4,6-7,11-12,17,25H,2,5,8-10,13H2. The third kappa shape index (κ3) is 4.68. The Balaban J connectivity index is 1.45. The molecule has 0 radical (unpaired) electrons. The summed E-state index contributed by atoms with van der Waals surface area (Å²) in [5.74, 6) is 0.765. The molecule has 2 aliphatic rings. The van der Waals surface area contributed by atoms with Crippen molar-refractivity contribution in [2.24, 2.45) is 0 Å². The summed E-state index contributed by atoms with van der Waals surface area (Å²) in [6, 6.07) is 8.58. The van der Waals surface area contributed by atoms with Crippen LogP contribution in [0.15, 0.2) is 47.4 Å². The fourth-order valence-corrected chi connectivity index (χ4v) is 4.88. The molecule has 2 aromatic rings. The van der Waals surface area contributed by atoms with Crippen molar-refractivity contribution >= 4 is 15.9 Å². The highest BCUT2D eigenvalue weighted by Crippen LogP contribution is 2.38. The third-order valence-corrected chi connectivity index (χ3v) is 6.81. The lowest BCUT2D eigenvalue weighted by Gasteiger charge is -2.27. The second-order valence-corrected chi connectivity index (χ2v) is 9.27. The van der Waals surface area contributed by atoms with Gasteiger partial charge in [-0.25, -0.2) is 13.1 Å². The van der Waals surface area contributed by atoms with Gasteiger partial charge in [-0.3, -0.25) is 4.79 Å². The molecule has 0 bridgehead atoms. The Kier molecular flexibility index (Phi) is 6.04. The number of carbonyl (C=O) groups is 1. The number of halogens is 3. The molecule has 1 amide bonds. The average Bonchev–Trinajstić information content (AvgIpc) is 3.27. The summed E-state index contributed by atoms with van der Waals surface area (Å²) in [7, 11) is -4.30. The number of hydrogen-bond acceptors (Lipinski definition) is 5. The van der Waals surface area contributed by atoms with Gasteiger partial charge in [0.25, 0.3) is 0 Å². The number of carbonyl (C=O) groups excluding carboxylic acids is 1. The Bertz CT molecular complexity index is 1120. The van der Waals surface area contributed by atoms with E-state index in [1.807, 2.05) is 12.1 Å². The Labute approximate surface area is 183 Å². The Hall–Kier alpha value is -2.79. The molecule has 1 N–H and O–H groups in total. The highest BCUT2D eigenvalue weighted by atomic mass is 32.2. The van der Waals surface area contributed by atoms with Crippen LogP contribution in [-0.2, 0) is 21.0 Å². The molecule has 172 valence electrons. The summed E-state index contributed by atoms with van der Waals surface area (Å²) in [5, 5.41) is 0. The van der Waals surface area contributed by atoms with Crippen molar-refractivity contribution in [1.82, 2.24) is 9.62 Å². The summed E-state index contributed by atoms with van der Waals surface area (Å²) in [6.07, 6.45) is -3.23. The first-order valence-electron chi connectivity index (χ1n) is 10.0. The molecule has 1 unspecified atom stereocenters. The zero-order valence-corrected chi connectivity index (χ0v) is 17.7. The third-order valence-electron chi connectivity index (χ3n) is 5.41. The smallest absolute Gasteiger partial charge is 0.416 e. The molecule has 2 aromatic carbocycles. The van der Waals surface area contributed by atoms with Crippen molar-refractivity contribution in [3.05, 3.63) is 53.6 Å². The lowest BCUT2D eigenvalue weighted by atomic mass is 10.0. The van der Waals surface area contributed by atoms with Gasteiger partial charge >= 0.3 is 6.18 Å². The fraction of sp³-hybridized carbons (Fsp3) is 0.381. The maximum atomic E-state index is 12.9. The van der Waals surface area contributed by atoms with Crippen molar-refractivity contribution < 1.29 is 35.9 Å². The van der Waals surface area contributed by atoms with E-state index in [0.717, 1.165) is 30.2 Å². The molecule has 0 aliphatic carbocycles. The van der Waals surface area contributed by atoms with Gasteiger partial charge in [-0.2, -0.15) is 13.2 Å². The number of ether oxygens (including phenoxy) is 2. The van der Waals surface area contributed by atoms with E-state index in [1.165, 1.54) is 0 Å². The van der Waals surface area contributed by atoms with Gasteiger partial charge in [-0.1, -0.05) is 12.1 Å². The van der Waals surface area contributed by atoms with Crippen LogP contribution in [0, 0.1) is 0 Å². The summed E-state index contributed by atoms with van der Waals surface area (Å²) >= 11 is 0. The number of fused-ring (bicyclic) bond motifs is 1. The van der Waals surface area contributed by atoms with Gasteiger partial charge < -0.3 is 14.4 Å². The molecule has 1 fully saturated rings. The van der Waals surface area contributed by atoms with E-state index in [9.17, 15) is 26.4 Å². The summed E-state index contributed by atoms with van der Waals surface area (Å²) < 4.78 is 76.8. The molecule has 2 aliphatic heterocycles. The van der Waals surface area contributed by atoms with Crippen LogP contribution in [0.3, 0.4) is 0 Å². The van der Waals surface area contributed by atoms with Gasteiger partial charge in [-0.05, 0) is 48.7 Å². The van der Waals surface area contributed by atoms with Gasteiger partial charge in [-0.15, -0.1) is 0 Å². The molecule has 0 aromatic heterocycles. The van der Waals surface area contributed by atoms with Gasteiger partial charge in [0.1, 0.15) is 13.2 Å².